The third-order valence-electron chi connectivity index (χ3n) is 4.85. The first-order chi connectivity index (χ1) is 13.8. The van der Waals surface area contributed by atoms with Crippen molar-refractivity contribution >= 4 is 17.1 Å². The van der Waals surface area contributed by atoms with Crippen LogP contribution in [0.15, 0.2) is 33.9 Å². The largest absolute Gasteiger partial charge is 0.491 e. The molecule has 0 fully saturated rings. The first kappa shape index (κ1) is 20.7. The van der Waals surface area contributed by atoms with Gasteiger partial charge in [0, 0.05) is 13.1 Å². The van der Waals surface area contributed by atoms with Gasteiger partial charge in [0.1, 0.15) is 18.5 Å². The minimum absolute atomic E-state index is 0.0508. The Hall–Kier alpha value is -3.07. The predicted molar refractivity (Wildman–Crippen MR) is 112 cm³/mol. The van der Waals surface area contributed by atoms with E-state index in [4.69, 9.17) is 4.74 Å². The van der Waals surface area contributed by atoms with Gasteiger partial charge in [-0.3, -0.25) is 14.3 Å². The van der Waals surface area contributed by atoms with Crippen LogP contribution >= 0.6 is 0 Å². The van der Waals surface area contributed by atoms with Gasteiger partial charge in [0.05, 0.1) is 6.54 Å². The fourth-order valence-corrected chi connectivity index (χ4v) is 2.94. The molecule has 9 heteroatoms. The second-order valence-corrected chi connectivity index (χ2v) is 7.27. The number of H-pyrrole nitrogens is 1. The summed E-state index contributed by atoms with van der Waals surface area (Å²) >= 11 is 0. The molecule has 2 aromatic heterocycles. The number of nitrogens with zero attached hydrogens (tertiary/aromatic N) is 3. The van der Waals surface area contributed by atoms with Gasteiger partial charge in [-0.05, 0) is 32.4 Å². The first-order valence-electron chi connectivity index (χ1n) is 9.63. The van der Waals surface area contributed by atoms with E-state index in [2.05, 4.69) is 15.3 Å². The summed E-state index contributed by atoms with van der Waals surface area (Å²) in [6, 6.07) is 7.64. The molecule has 1 aromatic carbocycles. The number of aromatic nitrogens is 4. The maximum atomic E-state index is 12.5. The second kappa shape index (κ2) is 8.52. The Morgan fingerprint density at radius 2 is 1.97 bits per heavy atom. The van der Waals surface area contributed by atoms with Gasteiger partial charge in [0.25, 0.3) is 5.56 Å². The number of rotatable bonds is 8. The molecular weight excluding hydrogens is 374 g/mol. The van der Waals surface area contributed by atoms with E-state index in [1.165, 1.54) is 4.57 Å². The number of nitrogens with one attached hydrogen (secondary N) is 2. The molecule has 0 radical (unpaired) electrons. The molecule has 3 aromatic rings. The number of ether oxygens (including phenoxy) is 1. The van der Waals surface area contributed by atoms with Crippen LogP contribution in [0, 0.1) is 6.92 Å². The lowest BCUT2D eigenvalue weighted by molar-refractivity contribution is 0.0938. The van der Waals surface area contributed by atoms with Crippen LogP contribution in [0.4, 0.5) is 5.95 Å². The molecule has 0 aliphatic heterocycles. The number of hydrogen-bond acceptors (Lipinski definition) is 6. The Bertz CT molecular complexity index is 1100. The van der Waals surface area contributed by atoms with Gasteiger partial charge >= 0.3 is 5.69 Å². The van der Waals surface area contributed by atoms with Crippen molar-refractivity contribution in [1.29, 1.82) is 0 Å². The number of aliphatic hydroxyl groups excluding tert-OH is 1. The molecule has 0 saturated carbocycles. The molecule has 29 heavy (non-hydrogen) atoms. The van der Waals surface area contributed by atoms with Crippen LogP contribution in [0.5, 0.6) is 5.75 Å². The number of imidazole rings is 1. The second-order valence-electron chi connectivity index (χ2n) is 7.27. The molecule has 0 spiro atoms. The van der Waals surface area contributed by atoms with Crippen molar-refractivity contribution in [1.82, 2.24) is 19.1 Å². The summed E-state index contributed by atoms with van der Waals surface area (Å²) in [7, 11) is 1.54. The van der Waals surface area contributed by atoms with Crippen LogP contribution in [-0.2, 0) is 13.6 Å². The maximum Gasteiger partial charge on any atom is 0.329 e. The molecule has 3 rings (SSSR count). The number of aryl methyl sites for hydroxylation is 2. The lowest BCUT2D eigenvalue weighted by atomic mass is 10.2. The Morgan fingerprint density at radius 1 is 1.28 bits per heavy atom. The summed E-state index contributed by atoms with van der Waals surface area (Å²) < 4.78 is 8.54. The van der Waals surface area contributed by atoms with Gasteiger partial charge in [-0.25, -0.2) is 4.79 Å². The van der Waals surface area contributed by atoms with Gasteiger partial charge < -0.3 is 19.7 Å². The normalized spacial score (nSPS) is 13.4. The molecular formula is C20H27N5O4. The quantitative estimate of drug-likeness (QED) is 0.525. The predicted octanol–water partition coefficient (Wildman–Crippen LogP) is 1.38. The minimum Gasteiger partial charge on any atom is -0.491 e. The van der Waals surface area contributed by atoms with Gasteiger partial charge in [-0.15, -0.1) is 0 Å². The van der Waals surface area contributed by atoms with E-state index in [0.29, 0.717) is 11.7 Å². The molecule has 2 atom stereocenters. The average Bonchev–Trinajstić information content (AvgIpc) is 3.04. The van der Waals surface area contributed by atoms with Crippen LogP contribution < -0.4 is 21.3 Å². The number of aliphatic hydroxyl groups is 1. The van der Waals surface area contributed by atoms with Crippen LogP contribution in [0.2, 0.25) is 0 Å². The van der Waals surface area contributed by atoms with Gasteiger partial charge in [0.15, 0.2) is 11.2 Å². The standard InChI is InChI=1S/C20H27N5O4/c1-5-13(3)21-19-22-17-16(18(27)23-20(28)24(17)4)25(19)10-14(26)11-29-15-8-6-12(2)7-9-15/h6-9,13-14,26H,5,10-11H2,1-4H3,(H,21,22)(H,23,27,28). The van der Waals surface area contributed by atoms with Crippen LogP contribution in [-0.4, -0.2) is 43.0 Å². The molecule has 0 aliphatic carbocycles. The average molecular weight is 401 g/mol. The van der Waals surface area contributed by atoms with E-state index in [1.807, 2.05) is 45.0 Å². The minimum atomic E-state index is -0.886. The van der Waals surface area contributed by atoms with Crippen molar-refractivity contribution in [2.75, 3.05) is 11.9 Å². The zero-order chi connectivity index (χ0) is 21.1. The van der Waals surface area contributed by atoms with Gasteiger partial charge in [-0.2, -0.15) is 4.98 Å². The number of anilines is 1. The lowest BCUT2D eigenvalue weighted by Gasteiger charge is -2.17. The molecule has 2 unspecified atom stereocenters. The van der Waals surface area contributed by atoms with E-state index in [9.17, 15) is 14.7 Å². The van der Waals surface area contributed by atoms with Crippen LogP contribution in [0.25, 0.3) is 11.2 Å². The highest BCUT2D eigenvalue weighted by Gasteiger charge is 2.20. The first-order valence-corrected chi connectivity index (χ1v) is 9.63. The van der Waals surface area contributed by atoms with Crippen molar-refractivity contribution in [2.45, 2.75) is 45.9 Å². The summed E-state index contributed by atoms with van der Waals surface area (Å²) in [6.07, 6.45) is -0.0415. The third kappa shape index (κ3) is 4.51. The van der Waals surface area contributed by atoms with E-state index >= 15 is 0 Å². The molecule has 3 N–H and O–H groups in total. The van der Waals surface area contributed by atoms with Gasteiger partial charge in [0.2, 0.25) is 5.95 Å². The summed E-state index contributed by atoms with van der Waals surface area (Å²) in [5.41, 5.74) is 0.529. The Kier molecular flexibility index (Phi) is 6.07. The fourth-order valence-electron chi connectivity index (χ4n) is 2.94. The summed E-state index contributed by atoms with van der Waals surface area (Å²) in [5, 5.41) is 13.8. The maximum absolute atomic E-state index is 12.5. The summed E-state index contributed by atoms with van der Waals surface area (Å²) in [5.74, 6) is 1.08. The molecule has 0 saturated heterocycles. The van der Waals surface area contributed by atoms with Crippen molar-refractivity contribution in [2.24, 2.45) is 7.05 Å². The van der Waals surface area contributed by atoms with Crippen molar-refractivity contribution in [3.8, 4) is 5.75 Å². The van der Waals surface area contributed by atoms with Crippen LogP contribution in [0.1, 0.15) is 25.8 Å². The molecule has 0 bridgehead atoms. The zero-order valence-electron chi connectivity index (χ0n) is 17.1. The van der Waals surface area contributed by atoms with Crippen LogP contribution in [0.3, 0.4) is 0 Å². The fraction of sp³-hybridized carbons (Fsp3) is 0.450. The highest BCUT2D eigenvalue weighted by Crippen LogP contribution is 2.18. The summed E-state index contributed by atoms with van der Waals surface area (Å²) in [6.45, 7) is 6.14. The summed E-state index contributed by atoms with van der Waals surface area (Å²) in [4.78, 5) is 31.1. The lowest BCUT2D eigenvalue weighted by Crippen LogP contribution is -2.31. The molecule has 2 heterocycles. The zero-order valence-corrected chi connectivity index (χ0v) is 17.1. The monoisotopic (exact) mass is 401 g/mol. The number of benzene rings is 1. The molecule has 0 amide bonds. The van der Waals surface area contributed by atoms with E-state index < -0.39 is 17.4 Å². The Labute approximate surface area is 168 Å². The van der Waals surface area contributed by atoms with E-state index in [1.54, 1.807) is 11.6 Å². The molecule has 156 valence electrons. The number of fused-ring (bicyclic) bond motifs is 1. The number of aromatic amines is 1. The highest BCUT2D eigenvalue weighted by molar-refractivity contribution is 5.74. The van der Waals surface area contributed by atoms with Crippen molar-refractivity contribution < 1.29 is 9.84 Å². The molecule has 0 aliphatic rings. The Morgan fingerprint density at radius 3 is 2.62 bits per heavy atom. The van der Waals surface area contributed by atoms with E-state index in [-0.39, 0.29) is 30.4 Å². The SMILES string of the molecule is CCC(C)Nc1nc2c(c(=O)[nH]c(=O)n2C)n1CC(O)COc1ccc(C)cc1. The van der Waals surface area contributed by atoms with Crippen molar-refractivity contribution in [3.05, 3.63) is 50.7 Å². The third-order valence-corrected chi connectivity index (χ3v) is 4.85. The smallest absolute Gasteiger partial charge is 0.329 e. The van der Waals surface area contributed by atoms with Gasteiger partial charge in [-0.1, -0.05) is 24.6 Å². The van der Waals surface area contributed by atoms with Crippen molar-refractivity contribution in [3.63, 3.8) is 0 Å². The highest BCUT2D eigenvalue weighted by atomic mass is 16.5. The van der Waals surface area contributed by atoms with E-state index in [0.717, 1.165) is 12.0 Å². The topological polar surface area (TPSA) is 114 Å². The molecule has 9 nitrogen and oxygen atoms in total. The Balaban J connectivity index is 1.90. The number of hydrogen-bond donors (Lipinski definition) is 3.